The highest BCUT2D eigenvalue weighted by Crippen LogP contribution is 2.36. The molecule has 1 unspecified atom stereocenters. The van der Waals surface area contributed by atoms with Crippen LogP contribution in [0, 0.1) is 0 Å². The third kappa shape index (κ3) is 8.50. The quantitative estimate of drug-likeness (QED) is 0.273. The van der Waals surface area contributed by atoms with E-state index in [4.69, 9.17) is 16.3 Å². The van der Waals surface area contributed by atoms with Crippen LogP contribution in [0.25, 0.3) is 0 Å². The number of alkyl halides is 3. The molecule has 0 bridgehead atoms. The maximum Gasteiger partial charge on any atom is 0.417 e. The zero-order valence-corrected chi connectivity index (χ0v) is 24.7. The van der Waals surface area contributed by atoms with Crippen molar-refractivity contribution in [3.8, 4) is 11.6 Å². The molecule has 1 saturated heterocycles. The van der Waals surface area contributed by atoms with Crippen LogP contribution in [0.4, 0.5) is 29.6 Å². The van der Waals surface area contributed by atoms with Gasteiger partial charge in [0.2, 0.25) is 17.7 Å². The molecule has 230 valence electrons. The molecular weight excluding hydrogens is 587 g/mol. The second kappa shape index (κ2) is 13.1. The first-order valence-electron chi connectivity index (χ1n) is 13.7. The molecule has 9 nitrogen and oxygen atoms in total. The van der Waals surface area contributed by atoms with E-state index in [1.165, 1.54) is 11.0 Å². The van der Waals surface area contributed by atoms with E-state index in [1.807, 2.05) is 31.7 Å². The number of aromatic nitrogens is 2. The van der Waals surface area contributed by atoms with Crippen LogP contribution >= 0.6 is 11.6 Å². The smallest absolute Gasteiger partial charge is 0.417 e. The Labute approximate surface area is 252 Å². The van der Waals surface area contributed by atoms with E-state index in [9.17, 15) is 27.9 Å². The van der Waals surface area contributed by atoms with E-state index in [0.29, 0.717) is 37.1 Å². The molecule has 0 aliphatic carbocycles. The van der Waals surface area contributed by atoms with Crippen LogP contribution in [0.3, 0.4) is 0 Å². The summed E-state index contributed by atoms with van der Waals surface area (Å²) in [6.45, 7) is 6.76. The van der Waals surface area contributed by atoms with Crippen LogP contribution in [-0.4, -0.2) is 56.6 Å². The molecule has 1 aromatic heterocycles. The van der Waals surface area contributed by atoms with Gasteiger partial charge in [-0.25, -0.2) is 9.78 Å². The van der Waals surface area contributed by atoms with E-state index in [2.05, 4.69) is 15.3 Å². The minimum absolute atomic E-state index is 0.00692. The molecule has 2 aromatic carbocycles. The number of anilines is 2. The van der Waals surface area contributed by atoms with Crippen molar-refractivity contribution in [2.45, 2.75) is 64.2 Å². The highest BCUT2D eigenvalue weighted by Gasteiger charge is 2.36. The Kier molecular flexibility index (Phi) is 9.69. The van der Waals surface area contributed by atoms with Gasteiger partial charge in [-0.3, -0.25) is 9.69 Å². The van der Waals surface area contributed by atoms with Crippen molar-refractivity contribution < 1.29 is 32.6 Å². The van der Waals surface area contributed by atoms with Crippen molar-refractivity contribution in [3.05, 3.63) is 70.9 Å². The standard InChI is InChI=1S/C30H33ClF3N5O4/c1-29(2,3)39(28(41)42)21-7-5-15-38(18-21)27-35-14-13-26(37-27)43-22-8-4-6-19(16-22)9-12-25(40)36-20-10-11-24(31)23(17-20)30(32,33)34/h4,6,8,10-11,13-14,16-17,21H,5,7,9,12,15,18H2,1-3H3,(H,36,40)(H,41,42). The number of benzene rings is 2. The average Bonchev–Trinajstić information content (AvgIpc) is 2.92. The fourth-order valence-electron chi connectivity index (χ4n) is 5.07. The molecule has 1 atom stereocenters. The third-order valence-electron chi connectivity index (χ3n) is 6.91. The minimum atomic E-state index is -4.63. The Morgan fingerprint density at radius 3 is 2.63 bits per heavy atom. The van der Waals surface area contributed by atoms with Gasteiger partial charge in [-0.1, -0.05) is 23.7 Å². The largest absolute Gasteiger partial charge is 0.465 e. The highest BCUT2D eigenvalue weighted by molar-refractivity contribution is 6.31. The van der Waals surface area contributed by atoms with Gasteiger partial charge in [0.05, 0.1) is 16.6 Å². The molecule has 2 amide bonds. The number of carbonyl (C=O) groups is 2. The van der Waals surface area contributed by atoms with Crippen molar-refractivity contribution in [3.63, 3.8) is 0 Å². The second-order valence-electron chi connectivity index (χ2n) is 11.3. The van der Waals surface area contributed by atoms with Crippen LogP contribution in [0.15, 0.2) is 54.7 Å². The lowest BCUT2D eigenvalue weighted by molar-refractivity contribution is -0.137. The Morgan fingerprint density at radius 2 is 1.93 bits per heavy atom. The van der Waals surface area contributed by atoms with Gasteiger partial charge >= 0.3 is 12.3 Å². The average molecular weight is 620 g/mol. The molecule has 0 radical (unpaired) electrons. The number of ether oxygens (including phenoxy) is 1. The van der Waals surface area contributed by atoms with Gasteiger partial charge in [-0.15, -0.1) is 0 Å². The van der Waals surface area contributed by atoms with Crippen LogP contribution in [0.5, 0.6) is 11.6 Å². The molecule has 3 aromatic rings. The van der Waals surface area contributed by atoms with Crippen LogP contribution in [-0.2, 0) is 17.4 Å². The Bertz CT molecular complexity index is 1460. The van der Waals surface area contributed by atoms with E-state index in [-0.39, 0.29) is 18.2 Å². The number of nitrogens with one attached hydrogen (secondary N) is 1. The molecule has 13 heteroatoms. The number of hydrogen-bond donors (Lipinski definition) is 2. The molecule has 1 aliphatic rings. The summed E-state index contributed by atoms with van der Waals surface area (Å²) in [5.74, 6) is 0.771. The maximum absolute atomic E-state index is 13.1. The lowest BCUT2D eigenvalue weighted by atomic mass is 9.98. The summed E-state index contributed by atoms with van der Waals surface area (Å²) < 4.78 is 45.3. The summed E-state index contributed by atoms with van der Waals surface area (Å²) in [5, 5.41) is 11.9. The van der Waals surface area contributed by atoms with E-state index < -0.39 is 34.3 Å². The number of halogens is 4. The molecular formula is C30H33ClF3N5O4. The summed E-state index contributed by atoms with van der Waals surface area (Å²) in [4.78, 5) is 36.8. The number of aryl methyl sites for hydroxylation is 1. The van der Waals surface area contributed by atoms with E-state index in [1.54, 1.807) is 30.5 Å². The first kappa shape index (κ1) is 31.9. The SMILES string of the molecule is CC(C)(C)N(C(=O)O)C1CCCN(c2nccc(Oc3cccc(CCC(=O)Nc4ccc(Cl)c(C(F)(F)F)c4)c3)n2)C1. The number of nitrogens with zero attached hydrogens (tertiary/aromatic N) is 4. The summed E-state index contributed by atoms with van der Waals surface area (Å²) in [7, 11) is 0. The molecule has 2 N–H and O–H groups in total. The van der Waals surface area contributed by atoms with Gasteiger partial charge in [-0.2, -0.15) is 18.2 Å². The van der Waals surface area contributed by atoms with Gasteiger partial charge in [0.1, 0.15) is 5.75 Å². The maximum atomic E-state index is 13.1. The van der Waals surface area contributed by atoms with Gasteiger partial charge in [0.15, 0.2) is 0 Å². The van der Waals surface area contributed by atoms with E-state index >= 15 is 0 Å². The lowest BCUT2D eigenvalue weighted by Crippen LogP contribution is -2.57. The van der Waals surface area contributed by atoms with Crippen molar-refractivity contribution in [1.29, 1.82) is 0 Å². The molecule has 1 aliphatic heterocycles. The highest BCUT2D eigenvalue weighted by atomic mass is 35.5. The van der Waals surface area contributed by atoms with Gasteiger partial charge in [0, 0.05) is 43.0 Å². The zero-order valence-electron chi connectivity index (χ0n) is 24.0. The third-order valence-corrected chi connectivity index (χ3v) is 7.24. The van der Waals surface area contributed by atoms with Crippen molar-refractivity contribution in [2.24, 2.45) is 0 Å². The summed E-state index contributed by atoms with van der Waals surface area (Å²) in [5.41, 5.74) is -0.781. The first-order valence-corrected chi connectivity index (χ1v) is 14.1. The number of amides is 2. The molecule has 4 rings (SSSR count). The monoisotopic (exact) mass is 619 g/mol. The normalized spacial score (nSPS) is 15.6. The van der Waals surface area contributed by atoms with Gasteiger partial charge in [0.25, 0.3) is 0 Å². The molecule has 2 heterocycles. The first-order chi connectivity index (χ1) is 20.2. The predicted octanol–water partition coefficient (Wildman–Crippen LogP) is 7.26. The number of hydrogen-bond acceptors (Lipinski definition) is 6. The molecule has 0 spiro atoms. The Morgan fingerprint density at radius 1 is 1.16 bits per heavy atom. The topological polar surface area (TPSA) is 108 Å². The van der Waals surface area contributed by atoms with Crippen LogP contribution in [0.2, 0.25) is 5.02 Å². The summed E-state index contributed by atoms with van der Waals surface area (Å²) in [6, 6.07) is 11.7. The summed E-state index contributed by atoms with van der Waals surface area (Å²) in [6.07, 6.45) is -2.13. The van der Waals surface area contributed by atoms with Crippen molar-refractivity contribution >= 4 is 35.2 Å². The van der Waals surface area contributed by atoms with Crippen LogP contribution in [0.1, 0.15) is 51.2 Å². The van der Waals surface area contributed by atoms with Crippen molar-refractivity contribution in [1.82, 2.24) is 14.9 Å². The number of rotatable bonds is 8. The molecule has 1 fully saturated rings. The fourth-order valence-corrected chi connectivity index (χ4v) is 5.29. The van der Waals surface area contributed by atoms with Gasteiger partial charge in [-0.05, 0) is 75.9 Å². The fraction of sp³-hybridized carbons (Fsp3) is 0.400. The minimum Gasteiger partial charge on any atom is -0.465 e. The second-order valence-corrected chi connectivity index (χ2v) is 11.7. The number of carboxylic acid groups (broad SMARTS) is 1. The Hall–Kier alpha value is -4.06. The number of carbonyl (C=O) groups excluding carboxylic acids is 1. The summed E-state index contributed by atoms with van der Waals surface area (Å²) >= 11 is 5.65. The predicted molar refractivity (Wildman–Crippen MR) is 157 cm³/mol. The zero-order chi connectivity index (χ0) is 31.4. The number of piperidine rings is 1. The molecule has 43 heavy (non-hydrogen) atoms. The van der Waals surface area contributed by atoms with Crippen LogP contribution < -0.4 is 15.0 Å². The Balaban J connectivity index is 1.37. The van der Waals surface area contributed by atoms with E-state index in [0.717, 1.165) is 30.5 Å². The van der Waals surface area contributed by atoms with Gasteiger partial charge < -0.3 is 20.1 Å². The molecule has 0 saturated carbocycles. The lowest BCUT2D eigenvalue weighted by Gasteiger charge is -2.44. The van der Waals surface area contributed by atoms with Crippen molar-refractivity contribution in [2.75, 3.05) is 23.3 Å².